The van der Waals surface area contributed by atoms with Crippen molar-refractivity contribution in [2.75, 3.05) is 14.1 Å². The normalized spacial score (nSPS) is 11.0. The summed E-state index contributed by atoms with van der Waals surface area (Å²) in [5.74, 6) is 0. The van der Waals surface area contributed by atoms with E-state index in [0.717, 1.165) is 0 Å². The maximum absolute atomic E-state index is 4.83. The fourth-order valence-electron chi connectivity index (χ4n) is 0.464. The van der Waals surface area contributed by atoms with Crippen molar-refractivity contribution in [3.63, 3.8) is 0 Å². The van der Waals surface area contributed by atoms with E-state index in [0.29, 0.717) is 15.9 Å². The van der Waals surface area contributed by atoms with Crippen LogP contribution in [0.2, 0.25) is 0 Å². The Hall–Kier alpha value is -1.28. The summed E-state index contributed by atoms with van der Waals surface area (Å²) in [6.45, 7) is 1.78. The van der Waals surface area contributed by atoms with Gasteiger partial charge in [-0.2, -0.15) is 10.2 Å². The number of hydrogen-bond acceptors (Lipinski definition) is 4. The van der Waals surface area contributed by atoms with Gasteiger partial charge >= 0.3 is 0 Å². The predicted octanol–water partition coefficient (Wildman–Crippen LogP) is -0.464. The molecule has 0 atom stereocenters. The standard InChI is InChI=1S/C7H14N6S2/c1-5(11-13-7(15)9-3)4-10-12-6(14)8-2/h4H,1-3H3,(H2,8,12,14)(H2,9,13,15)/b10-4-,11-5-. The molecule has 8 heteroatoms. The van der Waals surface area contributed by atoms with Crippen LogP contribution in [0.1, 0.15) is 6.92 Å². The van der Waals surface area contributed by atoms with E-state index in [9.17, 15) is 0 Å². The smallest absolute Gasteiger partial charge is 0.186 e. The molecule has 6 nitrogen and oxygen atoms in total. The van der Waals surface area contributed by atoms with E-state index in [4.69, 9.17) is 24.4 Å². The second kappa shape index (κ2) is 8.06. The van der Waals surface area contributed by atoms with E-state index >= 15 is 0 Å². The van der Waals surface area contributed by atoms with Crippen LogP contribution < -0.4 is 21.5 Å². The van der Waals surface area contributed by atoms with E-state index in [1.165, 1.54) is 6.21 Å². The van der Waals surface area contributed by atoms with Gasteiger partial charge in [0.05, 0.1) is 11.9 Å². The Balaban J connectivity index is 3.95. The van der Waals surface area contributed by atoms with Crippen LogP contribution >= 0.6 is 24.4 Å². The highest BCUT2D eigenvalue weighted by Crippen LogP contribution is 1.72. The molecule has 0 amide bonds. The first-order valence-electron chi connectivity index (χ1n) is 4.13. The second-order valence-corrected chi connectivity index (χ2v) is 3.21. The molecule has 0 aromatic carbocycles. The van der Waals surface area contributed by atoms with Crippen molar-refractivity contribution >= 4 is 46.6 Å². The van der Waals surface area contributed by atoms with Crippen LogP contribution in [-0.4, -0.2) is 36.2 Å². The van der Waals surface area contributed by atoms with Crippen LogP contribution in [-0.2, 0) is 0 Å². The third kappa shape index (κ3) is 7.77. The predicted molar refractivity (Wildman–Crippen MR) is 71.2 cm³/mol. The topological polar surface area (TPSA) is 72.8 Å². The molecule has 0 aliphatic rings. The quantitative estimate of drug-likeness (QED) is 0.307. The Kier molecular flexibility index (Phi) is 7.38. The summed E-state index contributed by atoms with van der Waals surface area (Å²) in [7, 11) is 3.42. The Morgan fingerprint density at radius 2 is 1.60 bits per heavy atom. The van der Waals surface area contributed by atoms with Gasteiger partial charge in [0.15, 0.2) is 10.2 Å². The number of thiocarbonyl (C=S) groups is 2. The summed E-state index contributed by atoms with van der Waals surface area (Å²) in [5.41, 5.74) is 5.89. The third-order valence-electron chi connectivity index (χ3n) is 1.21. The van der Waals surface area contributed by atoms with Gasteiger partial charge in [0, 0.05) is 14.1 Å². The molecule has 15 heavy (non-hydrogen) atoms. The number of nitrogens with zero attached hydrogens (tertiary/aromatic N) is 2. The Morgan fingerprint density at radius 3 is 2.13 bits per heavy atom. The molecule has 0 heterocycles. The molecular weight excluding hydrogens is 232 g/mol. The zero-order chi connectivity index (χ0) is 11.7. The van der Waals surface area contributed by atoms with Crippen LogP contribution in [0, 0.1) is 0 Å². The molecule has 0 saturated carbocycles. The lowest BCUT2D eigenvalue weighted by molar-refractivity contribution is 0.970. The maximum Gasteiger partial charge on any atom is 0.186 e. The highest BCUT2D eigenvalue weighted by atomic mass is 32.1. The molecular formula is C7H14N6S2. The first-order chi connectivity index (χ1) is 7.10. The van der Waals surface area contributed by atoms with Gasteiger partial charge in [0.1, 0.15) is 0 Å². The van der Waals surface area contributed by atoms with Gasteiger partial charge in [-0.3, -0.25) is 10.9 Å². The van der Waals surface area contributed by atoms with Crippen LogP contribution in [0.5, 0.6) is 0 Å². The summed E-state index contributed by atoms with van der Waals surface area (Å²) in [5, 5.41) is 14.1. The molecule has 0 spiro atoms. The van der Waals surface area contributed by atoms with Crippen LogP contribution in [0.25, 0.3) is 0 Å². The molecule has 4 N–H and O–H groups in total. The lowest BCUT2D eigenvalue weighted by Crippen LogP contribution is -2.30. The second-order valence-electron chi connectivity index (χ2n) is 2.39. The molecule has 0 bridgehead atoms. The summed E-state index contributed by atoms with van der Waals surface area (Å²) in [6.07, 6.45) is 1.52. The highest BCUT2D eigenvalue weighted by molar-refractivity contribution is 7.80. The highest BCUT2D eigenvalue weighted by Gasteiger charge is 1.89. The van der Waals surface area contributed by atoms with Crippen molar-refractivity contribution in [3.05, 3.63) is 0 Å². The molecule has 0 aromatic heterocycles. The van der Waals surface area contributed by atoms with Gasteiger partial charge in [-0.05, 0) is 31.4 Å². The van der Waals surface area contributed by atoms with Crippen LogP contribution in [0.3, 0.4) is 0 Å². The number of hydrogen-bond donors (Lipinski definition) is 4. The van der Waals surface area contributed by atoms with Gasteiger partial charge < -0.3 is 10.6 Å². The Bertz CT molecular complexity index is 285. The van der Waals surface area contributed by atoms with E-state index in [1.54, 1.807) is 21.0 Å². The van der Waals surface area contributed by atoms with Gasteiger partial charge in [-0.15, -0.1) is 0 Å². The van der Waals surface area contributed by atoms with Gasteiger partial charge in [-0.1, -0.05) is 0 Å². The Labute approximate surface area is 99.6 Å². The molecule has 0 aromatic rings. The lowest BCUT2D eigenvalue weighted by atomic mass is 10.5. The molecule has 0 saturated heterocycles. The van der Waals surface area contributed by atoms with Gasteiger partial charge in [0.2, 0.25) is 0 Å². The van der Waals surface area contributed by atoms with Crippen LogP contribution in [0.15, 0.2) is 10.2 Å². The lowest BCUT2D eigenvalue weighted by Gasteiger charge is -2.01. The van der Waals surface area contributed by atoms with Gasteiger partial charge in [0.25, 0.3) is 0 Å². The largest absolute Gasteiger partial charge is 0.364 e. The van der Waals surface area contributed by atoms with Crippen LogP contribution in [0.4, 0.5) is 0 Å². The zero-order valence-corrected chi connectivity index (χ0v) is 10.4. The molecule has 84 valence electrons. The maximum atomic E-state index is 4.83. The monoisotopic (exact) mass is 246 g/mol. The van der Waals surface area contributed by atoms with E-state index < -0.39 is 0 Å². The first kappa shape index (κ1) is 13.7. The Morgan fingerprint density at radius 1 is 1.07 bits per heavy atom. The van der Waals surface area contributed by atoms with Crippen molar-refractivity contribution < 1.29 is 0 Å². The minimum absolute atomic E-state index is 0.442. The summed E-state index contributed by atoms with van der Waals surface area (Å²) in [4.78, 5) is 0. The number of rotatable bonds is 3. The molecule has 0 rings (SSSR count). The fraction of sp³-hybridized carbons (Fsp3) is 0.429. The minimum atomic E-state index is 0.442. The van der Waals surface area contributed by atoms with E-state index in [2.05, 4.69) is 31.7 Å². The molecule has 0 radical (unpaired) electrons. The van der Waals surface area contributed by atoms with E-state index in [-0.39, 0.29) is 0 Å². The summed E-state index contributed by atoms with van der Waals surface area (Å²) in [6, 6.07) is 0. The minimum Gasteiger partial charge on any atom is -0.364 e. The van der Waals surface area contributed by atoms with Crippen molar-refractivity contribution in [1.82, 2.24) is 21.5 Å². The van der Waals surface area contributed by atoms with Gasteiger partial charge in [-0.25, -0.2) is 0 Å². The first-order valence-corrected chi connectivity index (χ1v) is 4.94. The fourth-order valence-corrected chi connectivity index (χ4v) is 0.562. The summed E-state index contributed by atoms with van der Waals surface area (Å²) >= 11 is 9.64. The molecule has 0 aliphatic carbocycles. The van der Waals surface area contributed by atoms with E-state index in [1.807, 2.05) is 0 Å². The number of nitrogens with one attached hydrogen (secondary N) is 4. The average Bonchev–Trinajstić information content (AvgIpc) is 2.25. The SMILES string of the molecule is CNC(=S)N/N=C\C(C)=N/NC(=S)NC. The van der Waals surface area contributed by atoms with Crippen molar-refractivity contribution in [1.29, 1.82) is 0 Å². The molecule has 0 aliphatic heterocycles. The van der Waals surface area contributed by atoms with Crippen molar-refractivity contribution in [2.24, 2.45) is 10.2 Å². The average molecular weight is 246 g/mol. The molecule has 0 unspecified atom stereocenters. The third-order valence-corrected chi connectivity index (χ3v) is 1.80. The number of hydrazone groups is 2. The molecule has 0 fully saturated rings. The van der Waals surface area contributed by atoms with Crippen molar-refractivity contribution in [3.8, 4) is 0 Å². The summed E-state index contributed by atoms with van der Waals surface area (Å²) < 4.78 is 0. The zero-order valence-electron chi connectivity index (χ0n) is 8.79. The van der Waals surface area contributed by atoms with Crippen molar-refractivity contribution in [2.45, 2.75) is 6.92 Å².